The number of hydrogen-bond acceptors (Lipinski definition) is 3. The molecule has 1 unspecified atom stereocenters. The Bertz CT molecular complexity index is 413. The van der Waals surface area contributed by atoms with Crippen molar-refractivity contribution in [1.29, 1.82) is 5.41 Å². The van der Waals surface area contributed by atoms with Crippen molar-refractivity contribution < 1.29 is 10.1 Å². The van der Waals surface area contributed by atoms with Gasteiger partial charge in [-0.05, 0) is 19.4 Å². The fraction of sp³-hybridized carbons (Fsp3) is 0.417. The lowest BCUT2D eigenvalue weighted by molar-refractivity contribution is -0.305. The molecule has 0 radical (unpaired) electrons. The van der Waals surface area contributed by atoms with Gasteiger partial charge in [0.1, 0.15) is 5.84 Å². The van der Waals surface area contributed by atoms with Crippen LogP contribution in [0.1, 0.15) is 25.8 Å². The molecule has 1 aliphatic rings. The lowest BCUT2D eigenvalue weighted by atomic mass is 9.92. The van der Waals surface area contributed by atoms with Crippen molar-refractivity contribution in [2.75, 3.05) is 11.4 Å². The molecule has 0 saturated carbocycles. The van der Waals surface area contributed by atoms with Gasteiger partial charge in [0.25, 0.3) is 0 Å². The van der Waals surface area contributed by atoms with Gasteiger partial charge in [0, 0.05) is 17.8 Å². The predicted molar refractivity (Wildman–Crippen MR) is 62.9 cm³/mol. The molecule has 2 N–H and O–H groups in total. The van der Waals surface area contributed by atoms with E-state index in [1.807, 2.05) is 43.0 Å². The number of benzene rings is 1. The van der Waals surface area contributed by atoms with Gasteiger partial charge >= 0.3 is 0 Å². The first-order valence-electron chi connectivity index (χ1n) is 5.50. The van der Waals surface area contributed by atoms with Crippen LogP contribution in [0.3, 0.4) is 0 Å². The van der Waals surface area contributed by atoms with E-state index in [1.165, 1.54) is 0 Å². The van der Waals surface area contributed by atoms with Gasteiger partial charge in [-0.2, -0.15) is 0 Å². The van der Waals surface area contributed by atoms with Crippen LogP contribution in [0, 0.1) is 5.41 Å². The summed E-state index contributed by atoms with van der Waals surface area (Å²) in [6.45, 7) is 4.58. The number of anilines is 1. The summed E-state index contributed by atoms with van der Waals surface area (Å²) < 4.78 is 0. The van der Waals surface area contributed by atoms with Crippen molar-refractivity contribution in [2.24, 2.45) is 0 Å². The zero-order chi connectivity index (χ0) is 11.8. The third kappa shape index (κ3) is 1.20. The second kappa shape index (κ2) is 3.88. The molecule has 0 amide bonds. The minimum Gasteiger partial charge on any atom is -0.327 e. The molecule has 86 valence electrons. The SMILES string of the molecule is CCN1C(=N)C(CC)(OO)c2ccccc21. The van der Waals surface area contributed by atoms with E-state index in [1.54, 1.807) is 0 Å². The molecule has 4 heteroatoms. The number of rotatable bonds is 3. The molecule has 1 aliphatic heterocycles. The van der Waals surface area contributed by atoms with Crippen molar-refractivity contribution in [3.05, 3.63) is 29.8 Å². The summed E-state index contributed by atoms with van der Waals surface area (Å²) in [6.07, 6.45) is 0.538. The molecular weight excluding hydrogens is 204 g/mol. The van der Waals surface area contributed by atoms with Crippen LogP contribution >= 0.6 is 0 Å². The Morgan fingerprint density at radius 3 is 2.62 bits per heavy atom. The van der Waals surface area contributed by atoms with Crippen molar-refractivity contribution in [3.63, 3.8) is 0 Å². The normalized spacial score (nSPS) is 23.7. The monoisotopic (exact) mass is 220 g/mol. The van der Waals surface area contributed by atoms with E-state index in [-0.39, 0.29) is 0 Å². The van der Waals surface area contributed by atoms with E-state index in [0.717, 1.165) is 11.3 Å². The van der Waals surface area contributed by atoms with Crippen LogP contribution in [-0.4, -0.2) is 17.6 Å². The van der Waals surface area contributed by atoms with Gasteiger partial charge in [-0.25, -0.2) is 4.89 Å². The average Bonchev–Trinajstić information content (AvgIpc) is 2.58. The molecule has 0 bridgehead atoms. The van der Waals surface area contributed by atoms with Crippen LogP contribution in [0.4, 0.5) is 5.69 Å². The molecule has 0 aliphatic carbocycles. The maximum Gasteiger partial charge on any atom is 0.187 e. The second-order valence-corrected chi connectivity index (χ2v) is 3.88. The summed E-state index contributed by atoms with van der Waals surface area (Å²) in [6, 6.07) is 7.68. The Kier molecular flexibility index (Phi) is 2.69. The number of nitrogens with one attached hydrogen (secondary N) is 1. The van der Waals surface area contributed by atoms with Gasteiger partial charge in [-0.3, -0.25) is 10.7 Å². The molecule has 4 nitrogen and oxygen atoms in total. The van der Waals surface area contributed by atoms with E-state index >= 15 is 0 Å². The highest BCUT2D eigenvalue weighted by molar-refractivity contribution is 6.08. The van der Waals surface area contributed by atoms with Crippen LogP contribution in [-0.2, 0) is 10.5 Å². The van der Waals surface area contributed by atoms with E-state index in [9.17, 15) is 5.26 Å². The summed E-state index contributed by atoms with van der Waals surface area (Å²) in [5.41, 5.74) is 0.824. The average molecular weight is 220 g/mol. The van der Waals surface area contributed by atoms with Crippen LogP contribution in [0.5, 0.6) is 0 Å². The van der Waals surface area contributed by atoms with Crippen molar-refractivity contribution in [2.45, 2.75) is 25.9 Å². The maximum atomic E-state index is 9.18. The highest BCUT2D eigenvalue weighted by Gasteiger charge is 2.48. The minimum atomic E-state index is -0.993. The van der Waals surface area contributed by atoms with Gasteiger partial charge in [0.15, 0.2) is 5.60 Å². The first-order valence-corrected chi connectivity index (χ1v) is 5.50. The fourth-order valence-corrected chi connectivity index (χ4v) is 2.36. The summed E-state index contributed by atoms with van der Waals surface area (Å²) in [7, 11) is 0. The zero-order valence-corrected chi connectivity index (χ0v) is 9.53. The van der Waals surface area contributed by atoms with Gasteiger partial charge in [-0.1, -0.05) is 25.1 Å². The molecule has 0 fully saturated rings. The van der Waals surface area contributed by atoms with Gasteiger partial charge in [0.05, 0.1) is 0 Å². The summed E-state index contributed by atoms with van der Waals surface area (Å²) in [4.78, 5) is 6.51. The number of hydrogen-bond donors (Lipinski definition) is 2. The van der Waals surface area contributed by atoms with Crippen LogP contribution < -0.4 is 4.90 Å². The van der Waals surface area contributed by atoms with E-state index < -0.39 is 5.60 Å². The number of fused-ring (bicyclic) bond motifs is 1. The Hall–Kier alpha value is -1.39. The highest BCUT2D eigenvalue weighted by Crippen LogP contribution is 2.44. The maximum absolute atomic E-state index is 9.18. The van der Waals surface area contributed by atoms with Crippen molar-refractivity contribution in [3.8, 4) is 0 Å². The molecule has 1 atom stereocenters. The summed E-state index contributed by atoms with van der Waals surface area (Å²) in [5.74, 6) is 0.307. The Balaban J connectivity index is 2.63. The third-order valence-corrected chi connectivity index (χ3v) is 3.25. The summed E-state index contributed by atoms with van der Waals surface area (Å²) >= 11 is 0. The molecule has 1 heterocycles. The number of likely N-dealkylation sites (N-methyl/N-ethyl adjacent to an activating group) is 1. The van der Waals surface area contributed by atoms with Crippen LogP contribution in [0.15, 0.2) is 24.3 Å². The van der Waals surface area contributed by atoms with Crippen LogP contribution in [0.25, 0.3) is 0 Å². The molecule has 1 aromatic rings. The molecule has 0 spiro atoms. The summed E-state index contributed by atoms with van der Waals surface area (Å²) in [5, 5.41) is 17.3. The molecular formula is C12H16N2O2. The number of para-hydroxylation sites is 1. The molecule has 1 aromatic carbocycles. The smallest absolute Gasteiger partial charge is 0.187 e. The predicted octanol–water partition coefficient (Wildman–Crippen LogP) is 2.60. The standard InChI is InChI=1S/C12H16N2O2/c1-3-12(16-15)9-7-5-6-8-10(9)14(4-2)11(12)13/h5-8,13,15H,3-4H2,1-2H3. The first kappa shape index (κ1) is 11.1. The Morgan fingerprint density at radius 2 is 2.06 bits per heavy atom. The van der Waals surface area contributed by atoms with Gasteiger partial charge in [0.2, 0.25) is 0 Å². The molecule has 0 saturated heterocycles. The van der Waals surface area contributed by atoms with Gasteiger partial charge < -0.3 is 4.90 Å². The Morgan fingerprint density at radius 1 is 1.38 bits per heavy atom. The van der Waals surface area contributed by atoms with Crippen molar-refractivity contribution >= 4 is 11.5 Å². The molecule has 2 rings (SSSR count). The third-order valence-electron chi connectivity index (χ3n) is 3.25. The highest BCUT2D eigenvalue weighted by atomic mass is 17.1. The molecule has 0 aromatic heterocycles. The Labute approximate surface area is 94.9 Å². The van der Waals surface area contributed by atoms with Crippen LogP contribution in [0.2, 0.25) is 0 Å². The quantitative estimate of drug-likeness (QED) is 0.608. The topological polar surface area (TPSA) is 56.6 Å². The molecule has 16 heavy (non-hydrogen) atoms. The fourth-order valence-electron chi connectivity index (χ4n) is 2.36. The first-order chi connectivity index (χ1) is 7.71. The van der Waals surface area contributed by atoms with Crippen molar-refractivity contribution in [1.82, 2.24) is 0 Å². The zero-order valence-electron chi connectivity index (χ0n) is 9.53. The van der Waals surface area contributed by atoms with E-state index in [0.29, 0.717) is 18.8 Å². The second-order valence-electron chi connectivity index (χ2n) is 3.88. The van der Waals surface area contributed by atoms with Gasteiger partial charge in [-0.15, -0.1) is 0 Å². The lowest BCUT2D eigenvalue weighted by Gasteiger charge is -2.26. The van der Waals surface area contributed by atoms with E-state index in [2.05, 4.69) is 4.89 Å². The number of nitrogens with zero attached hydrogens (tertiary/aromatic N) is 1. The lowest BCUT2D eigenvalue weighted by Crippen LogP contribution is -2.40. The number of amidine groups is 1. The van der Waals surface area contributed by atoms with E-state index in [4.69, 9.17) is 5.41 Å². The largest absolute Gasteiger partial charge is 0.327 e. The minimum absolute atomic E-state index is 0.307.